The van der Waals surface area contributed by atoms with Gasteiger partial charge < -0.3 is 5.11 Å². The van der Waals surface area contributed by atoms with Crippen LogP contribution in [0.2, 0.25) is 0 Å². The summed E-state index contributed by atoms with van der Waals surface area (Å²) in [5.41, 5.74) is 5.52. The number of hydrogen-bond acceptors (Lipinski definition) is 3. The van der Waals surface area contributed by atoms with E-state index in [0.29, 0.717) is 0 Å². The van der Waals surface area contributed by atoms with E-state index >= 15 is 0 Å². The third-order valence-electron chi connectivity index (χ3n) is 2.21. The number of benzene rings is 2. The van der Waals surface area contributed by atoms with Crippen molar-refractivity contribution in [2.75, 3.05) is 17.5 Å². The summed E-state index contributed by atoms with van der Waals surface area (Å²) < 4.78 is 0. The third-order valence-corrected chi connectivity index (χ3v) is 2.21. The lowest BCUT2D eigenvalue weighted by atomic mass is 10.3. The molecule has 0 aromatic heterocycles. The van der Waals surface area contributed by atoms with E-state index in [2.05, 4.69) is 17.6 Å². The number of aliphatic carboxylic acids is 1. The second-order valence-electron chi connectivity index (χ2n) is 3.89. The Morgan fingerprint density at radius 2 is 1.42 bits per heavy atom. The molecule has 0 radical (unpaired) electrons. The molecule has 2 aromatic carbocycles. The minimum absolute atomic E-state index is 0.833. The lowest BCUT2D eigenvalue weighted by Gasteiger charge is -2.21. The van der Waals surface area contributed by atoms with Crippen LogP contribution in [0.1, 0.15) is 6.92 Å². The largest absolute Gasteiger partial charge is 0.481 e. The molecular weight excluding hydrogens is 240 g/mol. The zero-order valence-electron chi connectivity index (χ0n) is 11.1. The minimum Gasteiger partial charge on any atom is -0.481 e. The molecule has 19 heavy (non-hydrogen) atoms. The number of nitrogens with one attached hydrogen (secondary N) is 1. The van der Waals surface area contributed by atoms with Crippen LogP contribution in [0.5, 0.6) is 0 Å². The van der Waals surface area contributed by atoms with Crippen LogP contribution in [0, 0.1) is 0 Å². The summed E-state index contributed by atoms with van der Waals surface area (Å²) in [5, 5.41) is 9.41. The normalized spacial score (nSPS) is 8.95. The molecule has 0 saturated carbocycles. The van der Waals surface area contributed by atoms with Gasteiger partial charge >= 0.3 is 0 Å². The van der Waals surface area contributed by atoms with Crippen molar-refractivity contribution in [1.29, 1.82) is 0 Å². The molecule has 2 N–H and O–H groups in total. The maximum Gasteiger partial charge on any atom is 0.300 e. The van der Waals surface area contributed by atoms with Crippen molar-refractivity contribution >= 4 is 17.3 Å². The van der Waals surface area contributed by atoms with Gasteiger partial charge in [-0.15, -0.1) is 0 Å². The van der Waals surface area contributed by atoms with Crippen molar-refractivity contribution in [3.8, 4) is 0 Å². The second kappa shape index (κ2) is 7.76. The standard InChI is InChI=1S/C13H14N2.C2H4O2/c1-15(13-10-6-3-7-11-13)14-12-8-4-2-5-9-12;1-2(3)4/h2-11,14H,1H3;1H3,(H,3,4). The smallest absolute Gasteiger partial charge is 0.300 e. The van der Waals surface area contributed by atoms with Crippen LogP contribution in [0.3, 0.4) is 0 Å². The number of carbonyl (C=O) groups is 1. The van der Waals surface area contributed by atoms with Crippen LogP contribution in [-0.2, 0) is 4.79 Å². The first-order valence-electron chi connectivity index (χ1n) is 5.89. The highest BCUT2D eigenvalue weighted by atomic mass is 16.4. The SMILES string of the molecule is CC(=O)O.CN(Nc1ccccc1)c1ccccc1. The molecular formula is C15H18N2O2. The zero-order chi connectivity index (χ0) is 14.1. The van der Waals surface area contributed by atoms with Crippen LogP contribution in [-0.4, -0.2) is 18.1 Å². The fourth-order valence-electron chi connectivity index (χ4n) is 1.42. The lowest BCUT2D eigenvalue weighted by molar-refractivity contribution is -0.134. The molecule has 2 aromatic rings. The van der Waals surface area contributed by atoms with Crippen LogP contribution >= 0.6 is 0 Å². The zero-order valence-corrected chi connectivity index (χ0v) is 11.1. The summed E-state index contributed by atoms with van der Waals surface area (Å²) in [6.07, 6.45) is 0. The fourth-order valence-corrected chi connectivity index (χ4v) is 1.42. The van der Waals surface area contributed by atoms with Crippen LogP contribution in [0.25, 0.3) is 0 Å². The van der Waals surface area contributed by atoms with Crippen molar-refractivity contribution in [2.24, 2.45) is 0 Å². The maximum atomic E-state index is 9.00. The van der Waals surface area contributed by atoms with Gasteiger partial charge in [-0.1, -0.05) is 36.4 Å². The Bertz CT molecular complexity index is 482. The minimum atomic E-state index is -0.833. The predicted molar refractivity (Wildman–Crippen MR) is 78.2 cm³/mol. The van der Waals surface area contributed by atoms with E-state index in [-0.39, 0.29) is 0 Å². The van der Waals surface area contributed by atoms with E-state index in [4.69, 9.17) is 9.90 Å². The van der Waals surface area contributed by atoms with Gasteiger partial charge in [0.2, 0.25) is 0 Å². The highest BCUT2D eigenvalue weighted by Gasteiger charge is 1.98. The molecule has 0 heterocycles. The molecule has 4 heteroatoms. The van der Waals surface area contributed by atoms with Crippen LogP contribution < -0.4 is 10.4 Å². The molecule has 0 aliphatic heterocycles. The Hall–Kier alpha value is -2.49. The molecule has 0 fully saturated rings. The summed E-state index contributed by atoms with van der Waals surface area (Å²) in [6, 6.07) is 20.3. The number of carboxylic acid groups (broad SMARTS) is 1. The van der Waals surface area contributed by atoms with Crippen molar-refractivity contribution < 1.29 is 9.90 Å². The fraction of sp³-hybridized carbons (Fsp3) is 0.133. The highest BCUT2D eigenvalue weighted by Crippen LogP contribution is 2.13. The van der Waals surface area contributed by atoms with Crippen molar-refractivity contribution in [3.63, 3.8) is 0 Å². The van der Waals surface area contributed by atoms with Crippen molar-refractivity contribution in [3.05, 3.63) is 60.7 Å². The van der Waals surface area contributed by atoms with E-state index in [9.17, 15) is 0 Å². The van der Waals surface area contributed by atoms with E-state index < -0.39 is 5.97 Å². The first-order chi connectivity index (χ1) is 9.09. The molecule has 0 aliphatic carbocycles. The summed E-state index contributed by atoms with van der Waals surface area (Å²) in [5.74, 6) is -0.833. The highest BCUT2D eigenvalue weighted by molar-refractivity contribution is 5.63. The quantitative estimate of drug-likeness (QED) is 0.830. The van der Waals surface area contributed by atoms with Gasteiger partial charge in [-0.25, -0.2) is 0 Å². The number of hydrazine groups is 1. The Labute approximate surface area is 113 Å². The lowest BCUT2D eigenvalue weighted by Crippen LogP contribution is -2.24. The van der Waals surface area contributed by atoms with Gasteiger partial charge in [-0.3, -0.25) is 15.2 Å². The average molecular weight is 258 g/mol. The van der Waals surface area contributed by atoms with Crippen LogP contribution in [0.15, 0.2) is 60.7 Å². The van der Waals surface area contributed by atoms with Gasteiger partial charge in [0.15, 0.2) is 0 Å². The van der Waals surface area contributed by atoms with Gasteiger partial charge in [0.25, 0.3) is 5.97 Å². The number of para-hydroxylation sites is 2. The monoisotopic (exact) mass is 258 g/mol. The van der Waals surface area contributed by atoms with Crippen molar-refractivity contribution in [1.82, 2.24) is 0 Å². The first-order valence-corrected chi connectivity index (χ1v) is 5.89. The number of nitrogens with zero attached hydrogens (tertiary/aromatic N) is 1. The Balaban J connectivity index is 0.000000399. The van der Waals surface area contributed by atoms with E-state index in [1.807, 2.05) is 60.6 Å². The molecule has 0 amide bonds. The Morgan fingerprint density at radius 1 is 1.00 bits per heavy atom. The molecule has 0 bridgehead atoms. The van der Waals surface area contributed by atoms with Crippen molar-refractivity contribution in [2.45, 2.75) is 6.92 Å². The molecule has 100 valence electrons. The Morgan fingerprint density at radius 3 is 1.89 bits per heavy atom. The predicted octanol–water partition coefficient (Wildman–Crippen LogP) is 3.24. The van der Waals surface area contributed by atoms with E-state index in [1.165, 1.54) is 0 Å². The summed E-state index contributed by atoms with van der Waals surface area (Å²) in [7, 11) is 2.00. The number of hydrogen-bond donors (Lipinski definition) is 2. The molecule has 0 aliphatic rings. The van der Waals surface area contributed by atoms with Crippen LogP contribution in [0.4, 0.5) is 11.4 Å². The second-order valence-corrected chi connectivity index (χ2v) is 3.89. The molecule has 0 saturated heterocycles. The maximum absolute atomic E-state index is 9.00. The van der Waals surface area contributed by atoms with Gasteiger partial charge in [-0.2, -0.15) is 0 Å². The van der Waals surface area contributed by atoms with Gasteiger partial charge in [0.05, 0.1) is 11.4 Å². The Kier molecular flexibility index (Phi) is 5.95. The first kappa shape index (κ1) is 14.6. The molecule has 4 nitrogen and oxygen atoms in total. The van der Waals surface area contributed by atoms with Gasteiger partial charge in [0.1, 0.15) is 0 Å². The summed E-state index contributed by atoms with van der Waals surface area (Å²) >= 11 is 0. The summed E-state index contributed by atoms with van der Waals surface area (Å²) in [4.78, 5) is 9.00. The molecule has 2 rings (SSSR count). The van der Waals surface area contributed by atoms with Gasteiger partial charge in [0, 0.05) is 14.0 Å². The van der Waals surface area contributed by atoms with E-state index in [0.717, 1.165) is 18.3 Å². The topological polar surface area (TPSA) is 52.6 Å². The third kappa shape index (κ3) is 6.12. The number of rotatable bonds is 3. The molecule has 0 spiro atoms. The molecule has 0 atom stereocenters. The van der Waals surface area contributed by atoms with E-state index in [1.54, 1.807) is 0 Å². The number of carboxylic acids is 1. The average Bonchev–Trinajstić information content (AvgIpc) is 2.40. The number of anilines is 2. The molecule has 0 unspecified atom stereocenters. The summed E-state index contributed by atoms with van der Waals surface area (Å²) in [6.45, 7) is 1.08. The van der Waals surface area contributed by atoms with Gasteiger partial charge in [-0.05, 0) is 24.3 Å².